The lowest BCUT2D eigenvalue weighted by Gasteiger charge is -2.26. The van der Waals surface area contributed by atoms with Crippen LogP contribution in [0.25, 0.3) is 17.5 Å². The van der Waals surface area contributed by atoms with Gasteiger partial charge in [-0.15, -0.1) is 0 Å². The first kappa shape index (κ1) is 20.7. The van der Waals surface area contributed by atoms with Crippen molar-refractivity contribution in [2.24, 2.45) is 4.99 Å². The fourth-order valence-corrected chi connectivity index (χ4v) is 5.14. The molecule has 158 valence electrons. The number of nitrogens with one attached hydrogen (secondary N) is 1. The molecule has 32 heavy (non-hydrogen) atoms. The van der Waals surface area contributed by atoms with Gasteiger partial charge in [0.2, 0.25) is 0 Å². The predicted molar refractivity (Wildman–Crippen MR) is 135 cm³/mol. The van der Waals surface area contributed by atoms with Gasteiger partial charge in [0.1, 0.15) is 5.84 Å². The lowest BCUT2D eigenvalue weighted by molar-refractivity contribution is -0.114. The number of benzene rings is 2. The molecule has 1 N–H and O–H groups in total. The van der Waals surface area contributed by atoms with Crippen LogP contribution in [-0.4, -0.2) is 26.4 Å². The van der Waals surface area contributed by atoms with E-state index in [1.54, 1.807) is 11.0 Å². The van der Waals surface area contributed by atoms with E-state index in [1.165, 1.54) is 11.8 Å². The molecule has 2 aromatic carbocycles. The number of aryl methyl sites for hydroxylation is 1. The first-order valence-corrected chi connectivity index (χ1v) is 11.7. The molecule has 3 aromatic rings. The average molecular weight is 503 g/mol. The smallest absolute Gasteiger partial charge is 0.283 e. The summed E-state index contributed by atoms with van der Waals surface area (Å²) in [5.41, 5.74) is 6.13. The molecule has 0 unspecified atom stereocenters. The Balaban J connectivity index is 1.55. The van der Waals surface area contributed by atoms with Crippen LogP contribution in [0.2, 0.25) is 0 Å². The standard InChI is InChI=1S/C25H19BrN4OS/c1-15-12-18(16(2)29(15)20-10-8-19(26)9-11-20)13-21-23(27)30-22(17-6-4-3-5-7-17)14-32-25(30)28-24(21)31/h3-14,27H,1-2H3. The zero-order chi connectivity index (χ0) is 22.4. The molecule has 0 saturated carbocycles. The van der Waals surface area contributed by atoms with Crippen LogP contribution in [0.1, 0.15) is 22.5 Å². The summed E-state index contributed by atoms with van der Waals surface area (Å²) in [4.78, 5) is 18.9. The van der Waals surface area contributed by atoms with Crippen molar-refractivity contribution in [3.63, 3.8) is 0 Å². The quantitative estimate of drug-likeness (QED) is 0.436. The molecule has 2 aliphatic rings. The number of carbonyl (C=O) groups is 1. The van der Waals surface area contributed by atoms with E-state index in [4.69, 9.17) is 5.41 Å². The summed E-state index contributed by atoms with van der Waals surface area (Å²) in [6.07, 6.45) is 1.79. The normalized spacial score (nSPS) is 17.0. The number of halogens is 1. The number of aliphatic imine (C=N–C) groups is 1. The zero-order valence-corrected chi connectivity index (χ0v) is 19.9. The highest BCUT2D eigenvalue weighted by Gasteiger charge is 2.36. The third-order valence-corrected chi connectivity index (χ3v) is 6.89. The molecular formula is C25H19BrN4OS. The van der Waals surface area contributed by atoms with Crippen LogP contribution >= 0.6 is 27.7 Å². The van der Waals surface area contributed by atoms with Crippen molar-refractivity contribution in [1.82, 2.24) is 9.47 Å². The first-order valence-electron chi connectivity index (χ1n) is 10.0. The molecule has 2 aliphatic heterocycles. The third kappa shape index (κ3) is 3.47. The summed E-state index contributed by atoms with van der Waals surface area (Å²) in [5.74, 6) is -0.238. The Kier molecular flexibility index (Phi) is 5.23. The monoisotopic (exact) mass is 502 g/mol. The molecule has 1 aromatic heterocycles. The van der Waals surface area contributed by atoms with Crippen molar-refractivity contribution in [3.05, 3.63) is 98.6 Å². The van der Waals surface area contributed by atoms with Crippen LogP contribution < -0.4 is 0 Å². The van der Waals surface area contributed by atoms with Gasteiger partial charge in [-0.05, 0) is 61.4 Å². The van der Waals surface area contributed by atoms with Crippen LogP contribution in [-0.2, 0) is 4.79 Å². The zero-order valence-electron chi connectivity index (χ0n) is 17.5. The summed E-state index contributed by atoms with van der Waals surface area (Å²) < 4.78 is 3.16. The first-order chi connectivity index (χ1) is 15.4. The Morgan fingerprint density at radius 3 is 2.50 bits per heavy atom. The topological polar surface area (TPSA) is 61.5 Å². The minimum Gasteiger partial charge on any atom is -0.318 e. The van der Waals surface area contributed by atoms with E-state index < -0.39 is 0 Å². The molecule has 5 rings (SSSR count). The summed E-state index contributed by atoms with van der Waals surface area (Å²) in [7, 11) is 0. The van der Waals surface area contributed by atoms with E-state index in [9.17, 15) is 4.79 Å². The van der Waals surface area contributed by atoms with E-state index in [0.717, 1.165) is 38.4 Å². The average Bonchev–Trinajstić information content (AvgIpc) is 3.33. The summed E-state index contributed by atoms with van der Waals surface area (Å²) in [5, 5.41) is 11.3. The van der Waals surface area contributed by atoms with Crippen LogP contribution in [0.15, 0.2) is 81.1 Å². The number of hydrogen-bond acceptors (Lipinski definition) is 3. The van der Waals surface area contributed by atoms with Gasteiger partial charge in [0.15, 0.2) is 5.17 Å². The maximum absolute atomic E-state index is 12.8. The molecule has 0 radical (unpaired) electrons. The van der Waals surface area contributed by atoms with Gasteiger partial charge in [-0.1, -0.05) is 58.0 Å². The largest absolute Gasteiger partial charge is 0.318 e. The van der Waals surface area contributed by atoms with Crippen molar-refractivity contribution in [3.8, 4) is 5.69 Å². The van der Waals surface area contributed by atoms with E-state index >= 15 is 0 Å². The maximum Gasteiger partial charge on any atom is 0.283 e. The van der Waals surface area contributed by atoms with Gasteiger partial charge in [0.05, 0.1) is 11.3 Å². The highest BCUT2D eigenvalue weighted by atomic mass is 79.9. The van der Waals surface area contributed by atoms with Crippen LogP contribution in [0.4, 0.5) is 0 Å². The second-order valence-electron chi connectivity index (χ2n) is 7.57. The van der Waals surface area contributed by atoms with E-state index in [0.29, 0.717) is 5.17 Å². The Labute approximate surface area is 198 Å². The molecule has 0 fully saturated rings. The molecule has 0 spiro atoms. The lowest BCUT2D eigenvalue weighted by Crippen LogP contribution is -2.38. The second kappa shape index (κ2) is 8.07. The molecule has 3 heterocycles. The number of nitrogens with zero attached hydrogens (tertiary/aromatic N) is 3. The van der Waals surface area contributed by atoms with Crippen molar-refractivity contribution < 1.29 is 4.79 Å². The third-order valence-electron chi connectivity index (χ3n) is 5.54. The minimum absolute atomic E-state index is 0.147. The number of amides is 1. The van der Waals surface area contributed by atoms with Gasteiger partial charge in [0.25, 0.3) is 5.91 Å². The van der Waals surface area contributed by atoms with Crippen molar-refractivity contribution in [2.75, 3.05) is 0 Å². The molecule has 0 saturated heterocycles. The van der Waals surface area contributed by atoms with E-state index in [-0.39, 0.29) is 17.3 Å². The lowest BCUT2D eigenvalue weighted by atomic mass is 10.1. The number of carbonyl (C=O) groups excluding carboxylic acids is 1. The molecule has 5 nitrogen and oxygen atoms in total. The summed E-state index contributed by atoms with van der Waals surface area (Å²) in [6, 6.07) is 20.0. The van der Waals surface area contributed by atoms with Crippen molar-refractivity contribution in [2.45, 2.75) is 13.8 Å². The van der Waals surface area contributed by atoms with Gasteiger partial charge in [0, 0.05) is 27.0 Å². The minimum atomic E-state index is -0.384. The predicted octanol–water partition coefficient (Wildman–Crippen LogP) is 6.16. The van der Waals surface area contributed by atoms with E-state index in [1.807, 2.05) is 79.9 Å². The SMILES string of the molecule is Cc1cc(C=C2C(=N)N3C(c4ccccc4)=CSC3=NC2=O)c(C)n1-c1ccc(Br)cc1. The fraction of sp³-hybridized carbons (Fsp3) is 0.0800. The molecule has 0 bridgehead atoms. The van der Waals surface area contributed by atoms with Gasteiger partial charge in [-0.3, -0.25) is 15.1 Å². The number of amidine groups is 2. The molecule has 7 heteroatoms. The highest BCUT2D eigenvalue weighted by Crippen LogP contribution is 2.37. The maximum atomic E-state index is 12.8. The molecule has 1 amide bonds. The second-order valence-corrected chi connectivity index (χ2v) is 9.32. The Bertz CT molecular complexity index is 1350. The van der Waals surface area contributed by atoms with Crippen molar-refractivity contribution >= 4 is 56.4 Å². The van der Waals surface area contributed by atoms with Gasteiger partial charge < -0.3 is 4.57 Å². The van der Waals surface area contributed by atoms with Crippen LogP contribution in [0, 0.1) is 19.3 Å². The van der Waals surface area contributed by atoms with Gasteiger partial charge >= 0.3 is 0 Å². The van der Waals surface area contributed by atoms with Gasteiger partial charge in [-0.2, -0.15) is 4.99 Å². The summed E-state index contributed by atoms with van der Waals surface area (Å²) in [6.45, 7) is 4.06. The Morgan fingerprint density at radius 1 is 1.06 bits per heavy atom. The van der Waals surface area contributed by atoms with Crippen LogP contribution in [0.5, 0.6) is 0 Å². The van der Waals surface area contributed by atoms with Gasteiger partial charge in [-0.25, -0.2) is 0 Å². The molecule has 0 atom stereocenters. The summed E-state index contributed by atoms with van der Waals surface area (Å²) >= 11 is 4.85. The highest BCUT2D eigenvalue weighted by molar-refractivity contribution is 9.10. The number of fused-ring (bicyclic) bond motifs is 1. The molecule has 0 aliphatic carbocycles. The number of aromatic nitrogens is 1. The number of thioether (sulfide) groups is 1. The number of hydrogen-bond donors (Lipinski definition) is 1. The number of rotatable bonds is 3. The van der Waals surface area contributed by atoms with E-state index in [2.05, 4.69) is 25.5 Å². The Morgan fingerprint density at radius 2 is 1.78 bits per heavy atom. The van der Waals surface area contributed by atoms with Crippen LogP contribution in [0.3, 0.4) is 0 Å². The Hall–Kier alpha value is -3.16. The molecular weight excluding hydrogens is 484 g/mol. The fourth-order valence-electron chi connectivity index (χ4n) is 3.99. The van der Waals surface area contributed by atoms with Crippen molar-refractivity contribution in [1.29, 1.82) is 5.41 Å².